The van der Waals surface area contributed by atoms with Crippen molar-refractivity contribution in [3.8, 4) is 17.0 Å². The molecule has 1 N–H and O–H groups in total. The summed E-state index contributed by atoms with van der Waals surface area (Å²) < 4.78 is 5.49. The van der Waals surface area contributed by atoms with E-state index in [0.29, 0.717) is 12.5 Å². The number of nitrogens with zero attached hydrogens (tertiary/aromatic N) is 2. The van der Waals surface area contributed by atoms with Gasteiger partial charge in [-0.15, -0.1) is 0 Å². The zero-order valence-electron chi connectivity index (χ0n) is 13.5. The zero-order chi connectivity index (χ0) is 15.4. The second kappa shape index (κ2) is 6.97. The van der Waals surface area contributed by atoms with Crippen molar-refractivity contribution in [2.45, 2.75) is 32.6 Å². The van der Waals surface area contributed by atoms with E-state index in [2.05, 4.69) is 33.9 Å². The first-order valence-corrected chi connectivity index (χ1v) is 8.30. The maximum atomic E-state index is 5.49. The van der Waals surface area contributed by atoms with Gasteiger partial charge in [-0.25, -0.2) is 4.98 Å². The quantitative estimate of drug-likeness (QED) is 0.915. The molecule has 1 saturated heterocycles. The Morgan fingerprint density at radius 2 is 2.09 bits per heavy atom. The van der Waals surface area contributed by atoms with Crippen LogP contribution in [0.25, 0.3) is 11.3 Å². The van der Waals surface area contributed by atoms with Crippen molar-refractivity contribution in [2.75, 3.05) is 26.2 Å². The van der Waals surface area contributed by atoms with E-state index in [9.17, 15) is 0 Å². The molecule has 118 valence electrons. The highest BCUT2D eigenvalue weighted by Crippen LogP contribution is 2.27. The van der Waals surface area contributed by atoms with E-state index in [1.165, 1.54) is 19.4 Å². The molecule has 0 spiro atoms. The van der Waals surface area contributed by atoms with Gasteiger partial charge < -0.3 is 14.6 Å². The summed E-state index contributed by atoms with van der Waals surface area (Å²) in [5.41, 5.74) is 2.25. The third kappa shape index (κ3) is 3.33. The zero-order valence-corrected chi connectivity index (χ0v) is 13.5. The number of H-pyrrole nitrogens is 1. The van der Waals surface area contributed by atoms with E-state index in [4.69, 9.17) is 4.74 Å². The van der Waals surface area contributed by atoms with Gasteiger partial charge in [-0.1, -0.05) is 6.92 Å². The third-order valence-electron chi connectivity index (χ3n) is 4.41. The molecular weight excluding hydrogens is 274 g/mol. The van der Waals surface area contributed by atoms with Gasteiger partial charge >= 0.3 is 0 Å². The van der Waals surface area contributed by atoms with Gasteiger partial charge in [0.15, 0.2) is 0 Å². The summed E-state index contributed by atoms with van der Waals surface area (Å²) >= 11 is 0. The summed E-state index contributed by atoms with van der Waals surface area (Å²) in [6, 6.07) is 8.19. The van der Waals surface area contributed by atoms with Crippen LogP contribution in [0.5, 0.6) is 5.75 Å². The van der Waals surface area contributed by atoms with Crippen LogP contribution in [0.2, 0.25) is 0 Å². The average Bonchev–Trinajstić information content (AvgIpc) is 3.06. The van der Waals surface area contributed by atoms with Gasteiger partial charge in [0.25, 0.3) is 0 Å². The van der Waals surface area contributed by atoms with E-state index >= 15 is 0 Å². The van der Waals surface area contributed by atoms with Crippen LogP contribution in [0.15, 0.2) is 30.5 Å². The number of benzene rings is 1. The molecule has 1 unspecified atom stereocenters. The predicted octanol–water partition coefficient (Wildman–Crippen LogP) is 3.67. The van der Waals surface area contributed by atoms with Gasteiger partial charge in [0, 0.05) is 12.5 Å². The van der Waals surface area contributed by atoms with Crippen molar-refractivity contribution >= 4 is 0 Å². The maximum absolute atomic E-state index is 5.49. The minimum atomic E-state index is 0.533. The van der Waals surface area contributed by atoms with Gasteiger partial charge in [-0.2, -0.15) is 0 Å². The molecule has 2 aromatic rings. The van der Waals surface area contributed by atoms with E-state index in [-0.39, 0.29) is 0 Å². The number of ether oxygens (including phenoxy) is 1. The van der Waals surface area contributed by atoms with Crippen LogP contribution in [-0.2, 0) is 0 Å². The Morgan fingerprint density at radius 1 is 1.27 bits per heavy atom. The highest BCUT2D eigenvalue weighted by Gasteiger charge is 2.22. The molecule has 1 aromatic carbocycles. The highest BCUT2D eigenvalue weighted by molar-refractivity contribution is 5.59. The van der Waals surface area contributed by atoms with Crippen molar-refractivity contribution in [2.24, 2.45) is 0 Å². The molecule has 0 bridgehead atoms. The number of imidazole rings is 1. The van der Waals surface area contributed by atoms with Crippen molar-refractivity contribution in [3.05, 3.63) is 36.3 Å². The first-order valence-electron chi connectivity index (χ1n) is 8.30. The highest BCUT2D eigenvalue weighted by atomic mass is 16.5. The fourth-order valence-electron chi connectivity index (χ4n) is 3.15. The standard InChI is InChI=1S/C18H25N3O/c1-3-21-11-5-6-15(13-21)18-19-12-17(20-18)14-7-9-16(10-8-14)22-4-2/h7-10,12,15H,3-6,11,13H2,1-2H3,(H,19,20). The number of hydrogen-bond acceptors (Lipinski definition) is 3. The molecule has 1 atom stereocenters. The average molecular weight is 299 g/mol. The topological polar surface area (TPSA) is 41.1 Å². The third-order valence-corrected chi connectivity index (χ3v) is 4.41. The number of aromatic nitrogens is 2. The SMILES string of the molecule is CCOc1ccc(-c2cnc(C3CCCN(CC)C3)[nH]2)cc1. The lowest BCUT2D eigenvalue weighted by atomic mass is 9.97. The maximum Gasteiger partial charge on any atom is 0.119 e. The molecule has 0 aliphatic carbocycles. The lowest BCUT2D eigenvalue weighted by Crippen LogP contribution is -2.34. The van der Waals surface area contributed by atoms with Crippen molar-refractivity contribution < 1.29 is 4.74 Å². The van der Waals surface area contributed by atoms with Crippen LogP contribution >= 0.6 is 0 Å². The fraction of sp³-hybridized carbons (Fsp3) is 0.500. The van der Waals surface area contributed by atoms with Crippen molar-refractivity contribution in [3.63, 3.8) is 0 Å². The molecule has 0 saturated carbocycles. The van der Waals surface area contributed by atoms with Crippen LogP contribution in [0, 0.1) is 0 Å². The van der Waals surface area contributed by atoms with Gasteiger partial charge in [0.2, 0.25) is 0 Å². The summed E-state index contributed by atoms with van der Waals surface area (Å²) in [6.07, 6.45) is 4.44. The van der Waals surface area contributed by atoms with E-state index < -0.39 is 0 Å². The molecule has 3 rings (SSSR count). The summed E-state index contributed by atoms with van der Waals surface area (Å²) in [7, 11) is 0. The van der Waals surface area contributed by atoms with Crippen molar-refractivity contribution in [1.29, 1.82) is 0 Å². The minimum Gasteiger partial charge on any atom is -0.494 e. The molecule has 4 nitrogen and oxygen atoms in total. The van der Waals surface area contributed by atoms with Gasteiger partial charge in [0.1, 0.15) is 11.6 Å². The van der Waals surface area contributed by atoms with E-state index in [1.807, 2.05) is 25.3 Å². The van der Waals surface area contributed by atoms with Crippen molar-refractivity contribution in [1.82, 2.24) is 14.9 Å². The Kier molecular flexibility index (Phi) is 4.78. The molecule has 1 aromatic heterocycles. The number of hydrogen-bond donors (Lipinski definition) is 1. The second-order valence-corrected chi connectivity index (χ2v) is 5.87. The molecule has 1 fully saturated rings. The van der Waals surface area contributed by atoms with E-state index in [1.54, 1.807) is 0 Å². The molecule has 1 aliphatic heterocycles. The minimum absolute atomic E-state index is 0.533. The Bertz CT molecular complexity index is 591. The predicted molar refractivity (Wildman–Crippen MR) is 89.3 cm³/mol. The molecule has 1 aliphatic rings. The lowest BCUT2D eigenvalue weighted by Gasteiger charge is -2.30. The van der Waals surface area contributed by atoms with Gasteiger partial charge in [-0.05, 0) is 62.7 Å². The first kappa shape index (κ1) is 15.1. The van der Waals surface area contributed by atoms with Gasteiger partial charge in [0.05, 0.1) is 18.5 Å². The molecule has 2 heterocycles. The number of nitrogens with one attached hydrogen (secondary N) is 1. The second-order valence-electron chi connectivity index (χ2n) is 5.87. The monoisotopic (exact) mass is 299 g/mol. The van der Waals surface area contributed by atoms with E-state index in [0.717, 1.165) is 35.9 Å². The largest absolute Gasteiger partial charge is 0.494 e. The molecule has 4 heteroatoms. The summed E-state index contributed by atoms with van der Waals surface area (Å²) in [5, 5.41) is 0. The summed E-state index contributed by atoms with van der Waals surface area (Å²) in [5.74, 6) is 2.57. The van der Waals surface area contributed by atoms with Gasteiger partial charge in [-0.3, -0.25) is 0 Å². The number of likely N-dealkylation sites (N-methyl/N-ethyl adjacent to an activating group) is 1. The molecule has 0 radical (unpaired) electrons. The molecule has 0 amide bonds. The molecular formula is C18H25N3O. The number of piperidine rings is 1. The number of rotatable bonds is 5. The smallest absolute Gasteiger partial charge is 0.119 e. The van der Waals surface area contributed by atoms with Crippen LogP contribution in [-0.4, -0.2) is 41.1 Å². The Balaban J connectivity index is 1.72. The Hall–Kier alpha value is -1.81. The summed E-state index contributed by atoms with van der Waals surface area (Å²) in [4.78, 5) is 10.7. The number of likely N-dealkylation sites (tertiary alicyclic amines) is 1. The van der Waals surface area contributed by atoms with Crippen LogP contribution in [0.4, 0.5) is 0 Å². The molecule has 22 heavy (non-hydrogen) atoms. The fourth-order valence-corrected chi connectivity index (χ4v) is 3.15. The Morgan fingerprint density at radius 3 is 2.82 bits per heavy atom. The van der Waals surface area contributed by atoms with Crippen LogP contribution in [0.1, 0.15) is 38.4 Å². The number of aromatic amines is 1. The lowest BCUT2D eigenvalue weighted by molar-refractivity contribution is 0.214. The van der Waals surface area contributed by atoms with Crippen LogP contribution in [0.3, 0.4) is 0 Å². The summed E-state index contributed by atoms with van der Waals surface area (Å²) in [6.45, 7) is 8.40. The normalized spacial score (nSPS) is 19.3. The Labute approximate surface area is 132 Å². The first-order chi connectivity index (χ1) is 10.8. The van der Waals surface area contributed by atoms with Crippen LogP contribution < -0.4 is 4.74 Å².